The Morgan fingerprint density at radius 1 is 1.31 bits per heavy atom. The fourth-order valence-corrected chi connectivity index (χ4v) is 3.88. The predicted octanol–water partition coefficient (Wildman–Crippen LogP) is 1.08. The van der Waals surface area contributed by atoms with Crippen molar-refractivity contribution in [2.24, 2.45) is 17.6 Å². The largest absolute Gasteiger partial charge is 0.330 e. The van der Waals surface area contributed by atoms with Gasteiger partial charge >= 0.3 is 0 Å². The fourth-order valence-electron chi connectivity index (χ4n) is 2.40. The first-order valence-electron chi connectivity index (χ1n) is 6.14. The molecule has 0 heterocycles. The van der Waals surface area contributed by atoms with E-state index >= 15 is 0 Å². The van der Waals surface area contributed by atoms with Crippen LogP contribution in [0.15, 0.2) is 0 Å². The molecule has 0 aliphatic heterocycles. The topological polar surface area (TPSA) is 72.2 Å². The summed E-state index contributed by atoms with van der Waals surface area (Å²) < 4.78 is 26.3. The molecule has 1 aliphatic carbocycles. The summed E-state index contributed by atoms with van der Waals surface area (Å²) in [6.07, 6.45) is 3.73. The van der Waals surface area contributed by atoms with Crippen LogP contribution in [0.5, 0.6) is 0 Å². The first-order valence-corrected chi connectivity index (χ1v) is 7.80. The van der Waals surface area contributed by atoms with E-state index < -0.39 is 10.0 Å². The van der Waals surface area contributed by atoms with Crippen molar-refractivity contribution in [2.75, 3.05) is 12.3 Å². The van der Waals surface area contributed by atoms with Gasteiger partial charge < -0.3 is 5.73 Å². The smallest absolute Gasteiger partial charge is 0.211 e. The van der Waals surface area contributed by atoms with Crippen LogP contribution in [-0.4, -0.2) is 26.8 Å². The zero-order valence-corrected chi connectivity index (χ0v) is 11.1. The maximum Gasteiger partial charge on any atom is 0.211 e. The van der Waals surface area contributed by atoms with E-state index in [0.29, 0.717) is 18.9 Å². The summed E-state index contributed by atoms with van der Waals surface area (Å²) in [4.78, 5) is 0. The van der Waals surface area contributed by atoms with Crippen LogP contribution in [0, 0.1) is 11.8 Å². The summed E-state index contributed by atoms with van der Waals surface area (Å²) in [7, 11) is -3.12. The second-order valence-corrected chi connectivity index (χ2v) is 6.95. The monoisotopic (exact) mass is 248 g/mol. The van der Waals surface area contributed by atoms with Crippen LogP contribution in [0.1, 0.15) is 39.5 Å². The average Bonchev–Trinajstić information content (AvgIpc) is 2.19. The predicted molar refractivity (Wildman–Crippen MR) is 66.6 cm³/mol. The zero-order valence-electron chi connectivity index (χ0n) is 10.3. The third kappa shape index (κ3) is 4.39. The average molecular weight is 248 g/mol. The summed E-state index contributed by atoms with van der Waals surface area (Å²) >= 11 is 0. The Kier molecular flexibility index (Phi) is 5.21. The lowest BCUT2D eigenvalue weighted by Gasteiger charge is -2.32. The van der Waals surface area contributed by atoms with Crippen LogP contribution in [-0.2, 0) is 10.0 Å². The van der Waals surface area contributed by atoms with Crippen molar-refractivity contribution in [3.05, 3.63) is 0 Å². The lowest BCUT2D eigenvalue weighted by atomic mass is 9.80. The van der Waals surface area contributed by atoms with Crippen molar-refractivity contribution < 1.29 is 8.42 Å². The number of sulfonamides is 1. The molecule has 3 unspecified atom stereocenters. The quantitative estimate of drug-likeness (QED) is 0.764. The van der Waals surface area contributed by atoms with Crippen LogP contribution in [0.3, 0.4) is 0 Å². The minimum absolute atomic E-state index is 0.124. The molecule has 0 amide bonds. The molecule has 5 heteroatoms. The molecule has 1 rings (SSSR count). The number of rotatable bonds is 5. The summed E-state index contributed by atoms with van der Waals surface area (Å²) in [5.41, 5.74) is 5.32. The van der Waals surface area contributed by atoms with Crippen LogP contribution >= 0.6 is 0 Å². The van der Waals surface area contributed by atoms with Gasteiger partial charge in [0.1, 0.15) is 0 Å². The van der Waals surface area contributed by atoms with Crippen LogP contribution < -0.4 is 10.5 Å². The summed E-state index contributed by atoms with van der Waals surface area (Å²) in [5, 5.41) is 0. The molecule has 0 aromatic carbocycles. The van der Waals surface area contributed by atoms with Gasteiger partial charge in [0.15, 0.2) is 0 Å². The van der Waals surface area contributed by atoms with Crippen LogP contribution in [0.2, 0.25) is 0 Å². The van der Waals surface area contributed by atoms with Crippen molar-refractivity contribution >= 4 is 10.0 Å². The van der Waals surface area contributed by atoms with E-state index in [-0.39, 0.29) is 11.8 Å². The molecule has 0 radical (unpaired) electrons. The van der Waals surface area contributed by atoms with Crippen molar-refractivity contribution in [2.45, 2.75) is 45.6 Å². The van der Waals surface area contributed by atoms with Gasteiger partial charge in [-0.15, -0.1) is 0 Å². The molecule has 1 saturated carbocycles. The normalized spacial score (nSPS) is 31.6. The van der Waals surface area contributed by atoms with E-state index in [0.717, 1.165) is 25.2 Å². The fraction of sp³-hybridized carbons (Fsp3) is 1.00. The second kappa shape index (κ2) is 5.98. The third-order valence-corrected chi connectivity index (χ3v) is 4.87. The molecule has 0 aromatic rings. The van der Waals surface area contributed by atoms with Gasteiger partial charge in [-0.05, 0) is 44.1 Å². The molecule has 0 spiro atoms. The van der Waals surface area contributed by atoms with Gasteiger partial charge in [-0.2, -0.15) is 0 Å². The molecule has 1 aliphatic rings. The van der Waals surface area contributed by atoms with Crippen molar-refractivity contribution in [3.8, 4) is 0 Å². The first kappa shape index (κ1) is 13.9. The van der Waals surface area contributed by atoms with E-state index in [2.05, 4.69) is 18.6 Å². The van der Waals surface area contributed by atoms with Crippen molar-refractivity contribution in [1.82, 2.24) is 4.72 Å². The molecule has 1 fully saturated rings. The van der Waals surface area contributed by atoms with Crippen molar-refractivity contribution in [1.29, 1.82) is 0 Å². The highest BCUT2D eigenvalue weighted by molar-refractivity contribution is 7.89. The molecule has 3 atom stereocenters. The van der Waals surface area contributed by atoms with Crippen LogP contribution in [0.4, 0.5) is 0 Å². The van der Waals surface area contributed by atoms with E-state index in [9.17, 15) is 8.42 Å². The molecular weight excluding hydrogens is 224 g/mol. The second-order valence-electron chi connectivity index (χ2n) is 5.08. The van der Waals surface area contributed by atoms with Gasteiger partial charge in [-0.1, -0.05) is 13.8 Å². The van der Waals surface area contributed by atoms with Crippen molar-refractivity contribution in [3.63, 3.8) is 0 Å². The number of hydrogen-bond acceptors (Lipinski definition) is 3. The summed E-state index contributed by atoms with van der Waals surface area (Å²) in [6, 6.07) is 0.124. The van der Waals surface area contributed by atoms with E-state index in [4.69, 9.17) is 5.73 Å². The molecule has 0 aromatic heterocycles. The molecular formula is C11H24N2O2S. The van der Waals surface area contributed by atoms with E-state index in [1.807, 2.05) is 0 Å². The number of nitrogens with one attached hydrogen (secondary N) is 1. The number of nitrogens with two attached hydrogens (primary N) is 1. The Morgan fingerprint density at radius 2 is 2.00 bits per heavy atom. The van der Waals surface area contributed by atoms with Gasteiger partial charge in [0.25, 0.3) is 0 Å². The molecule has 0 saturated heterocycles. The number of hydrogen-bond donors (Lipinski definition) is 2. The SMILES string of the molecule is CC1CCC(NS(=O)(=O)CCCN)C(C)C1. The first-order chi connectivity index (χ1) is 7.44. The maximum absolute atomic E-state index is 11.7. The van der Waals surface area contributed by atoms with Gasteiger partial charge in [-0.3, -0.25) is 0 Å². The Bertz CT molecular complexity index is 303. The van der Waals surface area contributed by atoms with Gasteiger partial charge in [0, 0.05) is 6.04 Å². The minimum Gasteiger partial charge on any atom is -0.330 e. The molecule has 96 valence electrons. The summed E-state index contributed by atoms with van der Waals surface area (Å²) in [6.45, 7) is 4.79. The summed E-state index contributed by atoms with van der Waals surface area (Å²) in [5.74, 6) is 1.32. The lowest BCUT2D eigenvalue weighted by Crippen LogP contribution is -2.43. The van der Waals surface area contributed by atoms with E-state index in [1.165, 1.54) is 0 Å². The Labute approximate surface area is 99.0 Å². The maximum atomic E-state index is 11.7. The highest BCUT2D eigenvalue weighted by atomic mass is 32.2. The van der Waals surface area contributed by atoms with Gasteiger partial charge in [-0.25, -0.2) is 13.1 Å². The molecule has 16 heavy (non-hydrogen) atoms. The van der Waals surface area contributed by atoms with Crippen LogP contribution in [0.25, 0.3) is 0 Å². The molecule has 4 nitrogen and oxygen atoms in total. The Morgan fingerprint density at radius 3 is 2.56 bits per heavy atom. The Hall–Kier alpha value is -0.130. The molecule has 3 N–H and O–H groups in total. The lowest BCUT2D eigenvalue weighted by molar-refractivity contribution is 0.249. The zero-order chi connectivity index (χ0) is 12.2. The van der Waals surface area contributed by atoms with Gasteiger partial charge in [0.05, 0.1) is 5.75 Å². The third-order valence-electron chi connectivity index (χ3n) is 3.38. The standard InChI is InChI=1S/C11H24N2O2S/c1-9-4-5-11(10(2)8-9)13-16(14,15)7-3-6-12/h9-11,13H,3-8,12H2,1-2H3. The van der Waals surface area contributed by atoms with E-state index in [1.54, 1.807) is 0 Å². The highest BCUT2D eigenvalue weighted by Crippen LogP contribution is 2.28. The minimum atomic E-state index is -3.12. The highest BCUT2D eigenvalue weighted by Gasteiger charge is 2.28. The Balaban J connectivity index is 2.47. The molecule has 0 bridgehead atoms. The van der Waals surface area contributed by atoms with Gasteiger partial charge in [0.2, 0.25) is 10.0 Å².